The van der Waals surface area contributed by atoms with E-state index in [0.717, 1.165) is 10.8 Å². The minimum atomic E-state index is 0.753. The van der Waals surface area contributed by atoms with Crippen molar-refractivity contribution in [3.05, 3.63) is 0 Å². The number of hydrogen-bond acceptors (Lipinski definition) is 0. The summed E-state index contributed by atoms with van der Waals surface area (Å²) in [5, 5.41) is 0. The molecule has 2 bridgehead atoms. The lowest BCUT2D eigenvalue weighted by Gasteiger charge is -2.52. The van der Waals surface area contributed by atoms with E-state index in [1.54, 1.807) is 25.7 Å². The van der Waals surface area contributed by atoms with Gasteiger partial charge in [-0.25, -0.2) is 0 Å². The summed E-state index contributed by atoms with van der Waals surface area (Å²) in [7, 11) is 0. The van der Waals surface area contributed by atoms with Gasteiger partial charge in [-0.15, -0.1) is 0 Å². The van der Waals surface area contributed by atoms with Crippen molar-refractivity contribution in [2.45, 2.75) is 97.3 Å². The fraction of sp³-hybridized carbons (Fsp3) is 1.00. The zero-order valence-electron chi connectivity index (χ0n) is 12.2. The lowest BCUT2D eigenvalue weighted by atomic mass is 9.53. The second kappa shape index (κ2) is 5.76. The molecule has 0 aliphatic heterocycles. The Morgan fingerprint density at radius 2 is 1.24 bits per heavy atom. The second-order valence-corrected chi connectivity index (χ2v) is 7.33. The smallest absolute Gasteiger partial charge is 0.0297 e. The van der Waals surface area contributed by atoms with Crippen molar-refractivity contribution in [1.29, 1.82) is 0 Å². The molecule has 3 fully saturated rings. The van der Waals surface area contributed by atoms with Crippen molar-refractivity contribution in [2.24, 2.45) is 10.8 Å². The highest BCUT2D eigenvalue weighted by molar-refractivity contribution is 4.97. The quantitative estimate of drug-likeness (QED) is 0.469. The van der Waals surface area contributed by atoms with Crippen LogP contribution in [0.3, 0.4) is 0 Å². The minimum Gasteiger partial charge on any atom is -0.0654 e. The summed E-state index contributed by atoms with van der Waals surface area (Å²) >= 11 is 0. The number of fused-ring (bicyclic) bond motifs is 3. The van der Waals surface area contributed by atoms with Gasteiger partial charge in [-0.05, 0) is 55.8 Å². The summed E-state index contributed by atoms with van der Waals surface area (Å²) in [5.74, 6) is 0. The summed E-state index contributed by atoms with van der Waals surface area (Å²) in [6.07, 6.45) is 19.6. The maximum atomic E-state index is 2.53. The van der Waals surface area contributed by atoms with Gasteiger partial charge in [0.05, 0.1) is 0 Å². The van der Waals surface area contributed by atoms with Crippen LogP contribution in [0.5, 0.6) is 0 Å². The first-order chi connectivity index (χ1) is 8.18. The molecule has 3 aliphatic carbocycles. The molecule has 0 nitrogen and oxygen atoms in total. The maximum absolute atomic E-state index is 2.53. The molecule has 0 aromatic rings. The second-order valence-electron chi connectivity index (χ2n) is 7.33. The largest absolute Gasteiger partial charge is 0.0654 e. The molecule has 3 saturated carbocycles. The molecule has 0 heterocycles. The predicted molar refractivity (Wildman–Crippen MR) is 76.2 cm³/mol. The molecule has 0 atom stereocenters. The van der Waals surface area contributed by atoms with Crippen LogP contribution in [0.1, 0.15) is 97.3 Å². The van der Waals surface area contributed by atoms with Crippen LogP contribution in [0.25, 0.3) is 0 Å². The van der Waals surface area contributed by atoms with Gasteiger partial charge in [-0.2, -0.15) is 0 Å². The van der Waals surface area contributed by atoms with Crippen molar-refractivity contribution < 1.29 is 0 Å². The molecule has 0 N–H and O–H groups in total. The van der Waals surface area contributed by atoms with Gasteiger partial charge in [-0.1, -0.05) is 52.4 Å². The van der Waals surface area contributed by atoms with E-state index in [0.29, 0.717) is 0 Å². The van der Waals surface area contributed by atoms with Crippen molar-refractivity contribution in [1.82, 2.24) is 0 Å². The highest BCUT2D eigenvalue weighted by Gasteiger charge is 2.45. The Bertz CT molecular complexity index is 204. The van der Waals surface area contributed by atoms with Gasteiger partial charge < -0.3 is 0 Å². The van der Waals surface area contributed by atoms with Crippen LogP contribution in [-0.2, 0) is 0 Å². The Morgan fingerprint density at radius 1 is 0.706 bits per heavy atom. The SMILES string of the molecule is CCCCCCCCC12CCC(C)(CC1)CC2. The van der Waals surface area contributed by atoms with Gasteiger partial charge >= 0.3 is 0 Å². The van der Waals surface area contributed by atoms with Crippen molar-refractivity contribution >= 4 is 0 Å². The molecule has 3 rings (SSSR count). The van der Waals surface area contributed by atoms with E-state index in [9.17, 15) is 0 Å². The van der Waals surface area contributed by atoms with E-state index in [-0.39, 0.29) is 0 Å². The van der Waals surface area contributed by atoms with Gasteiger partial charge in [0, 0.05) is 0 Å². The van der Waals surface area contributed by atoms with E-state index >= 15 is 0 Å². The van der Waals surface area contributed by atoms with Crippen molar-refractivity contribution in [2.75, 3.05) is 0 Å². The van der Waals surface area contributed by atoms with Gasteiger partial charge in [0.25, 0.3) is 0 Å². The monoisotopic (exact) mass is 236 g/mol. The van der Waals surface area contributed by atoms with Crippen LogP contribution >= 0.6 is 0 Å². The molecule has 100 valence electrons. The van der Waals surface area contributed by atoms with Crippen molar-refractivity contribution in [3.63, 3.8) is 0 Å². The summed E-state index contributed by atoms with van der Waals surface area (Å²) in [4.78, 5) is 0. The lowest BCUT2D eigenvalue weighted by molar-refractivity contribution is -0.00413. The molecule has 0 radical (unpaired) electrons. The number of rotatable bonds is 7. The molecule has 0 unspecified atom stereocenters. The topological polar surface area (TPSA) is 0 Å². The molecule has 0 amide bonds. The standard InChI is InChI=1S/C17H32/c1-3-4-5-6-7-8-9-17-13-10-16(2,11-14-17)12-15-17/h3-15H2,1-2H3. The van der Waals surface area contributed by atoms with E-state index in [4.69, 9.17) is 0 Å². The lowest BCUT2D eigenvalue weighted by Crippen LogP contribution is -2.39. The van der Waals surface area contributed by atoms with E-state index in [2.05, 4.69) is 13.8 Å². The zero-order valence-corrected chi connectivity index (χ0v) is 12.2. The van der Waals surface area contributed by atoms with Crippen LogP contribution < -0.4 is 0 Å². The average Bonchev–Trinajstić information content (AvgIpc) is 2.36. The molecule has 0 spiro atoms. The number of hydrogen-bond donors (Lipinski definition) is 0. The highest BCUT2D eigenvalue weighted by atomic mass is 14.5. The Kier molecular flexibility index (Phi) is 4.55. The first kappa shape index (κ1) is 13.4. The van der Waals surface area contributed by atoms with Crippen LogP contribution in [-0.4, -0.2) is 0 Å². The van der Waals surface area contributed by atoms with Gasteiger partial charge in [0.2, 0.25) is 0 Å². The summed E-state index contributed by atoms with van der Waals surface area (Å²) in [6, 6.07) is 0. The third kappa shape index (κ3) is 3.48. The Balaban J connectivity index is 1.62. The third-order valence-electron chi connectivity index (χ3n) is 5.84. The zero-order chi connectivity index (χ0) is 12.2. The molecule has 0 aromatic carbocycles. The Labute approximate surface area is 109 Å². The average molecular weight is 236 g/mol. The maximum Gasteiger partial charge on any atom is -0.0297 e. The first-order valence-electron chi connectivity index (χ1n) is 8.18. The molecule has 0 saturated heterocycles. The van der Waals surface area contributed by atoms with Gasteiger partial charge in [-0.3, -0.25) is 0 Å². The summed E-state index contributed by atoms with van der Waals surface area (Å²) in [5.41, 5.74) is 1.56. The molecule has 17 heavy (non-hydrogen) atoms. The fourth-order valence-corrected chi connectivity index (χ4v) is 4.11. The van der Waals surface area contributed by atoms with E-state index in [1.165, 1.54) is 57.8 Å². The normalized spacial score (nSPS) is 36.4. The summed E-state index contributed by atoms with van der Waals surface area (Å²) in [6.45, 7) is 4.83. The van der Waals surface area contributed by atoms with Gasteiger partial charge in [0.1, 0.15) is 0 Å². The van der Waals surface area contributed by atoms with Crippen LogP contribution in [0, 0.1) is 10.8 Å². The Morgan fingerprint density at radius 3 is 1.82 bits per heavy atom. The molecular weight excluding hydrogens is 204 g/mol. The van der Waals surface area contributed by atoms with E-state index < -0.39 is 0 Å². The minimum absolute atomic E-state index is 0.753. The van der Waals surface area contributed by atoms with Gasteiger partial charge in [0.15, 0.2) is 0 Å². The molecule has 0 aromatic heterocycles. The molecule has 0 heteroatoms. The Hall–Kier alpha value is 0. The molecule has 3 aliphatic rings. The van der Waals surface area contributed by atoms with Crippen LogP contribution in [0.2, 0.25) is 0 Å². The van der Waals surface area contributed by atoms with E-state index in [1.807, 2.05) is 0 Å². The highest BCUT2D eigenvalue weighted by Crippen LogP contribution is 2.58. The molecular formula is C17H32. The fourth-order valence-electron chi connectivity index (χ4n) is 4.11. The third-order valence-corrected chi connectivity index (χ3v) is 5.84. The summed E-state index contributed by atoms with van der Waals surface area (Å²) < 4.78 is 0. The van der Waals surface area contributed by atoms with Crippen LogP contribution in [0.4, 0.5) is 0 Å². The van der Waals surface area contributed by atoms with Crippen molar-refractivity contribution in [3.8, 4) is 0 Å². The predicted octanol–water partition coefficient (Wildman–Crippen LogP) is 6.10. The van der Waals surface area contributed by atoms with Crippen LogP contribution in [0.15, 0.2) is 0 Å². The number of unbranched alkanes of at least 4 members (excludes halogenated alkanes) is 5. The first-order valence-corrected chi connectivity index (χ1v) is 8.18.